The summed E-state index contributed by atoms with van der Waals surface area (Å²) in [4.78, 5) is 24.4. The summed E-state index contributed by atoms with van der Waals surface area (Å²) in [5.41, 5.74) is 2.36. The lowest BCUT2D eigenvalue weighted by Crippen LogP contribution is -2.40. The molecule has 196 valence electrons. The average Bonchev–Trinajstić information content (AvgIpc) is 3.30. The molecule has 1 N–H and O–H groups in total. The molecular formula is C25H29N5O5S2. The van der Waals surface area contributed by atoms with Crippen LogP contribution in [0.3, 0.4) is 0 Å². The van der Waals surface area contributed by atoms with Gasteiger partial charge >= 0.3 is 0 Å². The first kappa shape index (κ1) is 27.0. The summed E-state index contributed by atoms with van der Waals surface area (Å²) in [7, 11) is -3.62. The first-order valence-electron chi connectivity index (χ1n) is 11.9. The Morgan fingerprint density at radius 1 is 1.08 bits per heavy atom. The van der Waals surface area contributed by atoms with Gasteiger partial charge in [0.1, 0.15) is 5.82 Å². The number of morpholine rings is 1. The van der Waals surface area contributed by atoms with E-state index in [0.29, 0.717) is 55.8 Å². The highest BCUT2D eigenvalue weighted by molar-refractivity contribution is 7.99. The number of ether oxygens (including phenoxy) is 1. The molecule has 3 aromatic rings. The van der Waals surface area contributed by atoms with E-state index in [1.54, 1.807) is 12.1 Å². The third-order valence-electron chi connectivity index (χ3n) is 5.80. The Balaban J connectivity index is 1.48. The molecule has 1 aromatic heterocycles. The second kappa shape index (κ2) is 12.0. The van der Waals surface area contributed by atoms with Crippen molar-refractivity contribution in [3.05, 3.63) is 65.5 Å². The molecule has 1 aliphatic heterocycles. The Morgan fingerprint density at radius 2 is 1.81 bits per heavy atom. The number of nitrogens with one attached hydrogen (secondary N) is 1. The molecule has 1 saturated heterocycles. The molecule has 0 saturated carbocycles. The van der Waals surface area contributed by atoms with Crippen LogP contribution >= 0.6 is 11.8 Å². The Hall–Kier alpha value is -3.06. The summed E-state index contributed by atoms with van der Waals surface area (Å²) in [6.45, 7) is 5.24. The van der Waals surface area contributed by atoms with Crippen LogP contribution in [-0.4, -0.2) is 77.8 Å². The van der Waals surface area contributed by atoms with Gasteiger partial charge in [-0.2, -0.15) is 4.31 Å². The van der Waals surface area contributed by atoms with Crippen LogP contribution in [-0.2, 0) is 26.0 Å². The van der Waals surface area contributed by atoms with Crippen LogP contribution in [0.4, 0.5) is 0 Å². The Bertz CT molecular complexity index is 1370. The fourth-order valence-electron chi connectivity index (χ4n) is 3.89. The van der Waals surface area contributed by atoms with Gasteiger partial charge in [0.15, 0.2) is 10.9 Å². The summed E-state index contributed by atoms with van der Waals surface area (Å²) in [6, 6.07) is 13.9. The lowest BCUT2D eigenvalue weighted by atomic mass is 10.1. The standard InChI is InChI=1S/C25H29N5O5S2/c1-18-4-3-5-21(16-18)30-24(10-11-26-19(2)31)27-28-25(30)36-17-23(32)20-6-8-22(9-7-20)37(33,34)29-12-14-35-15-13-29/h3-9,16H,10-15,17H2,1-2H3,(H,26,31). The second-order valence-corrected chi connectivity index (χ2v) is 11.4. The number of carbonyl (C=O) groups excluding carboxylic acids is 2. The molecule has 0 aliphatic carbocycles. The number of carbonyl (C=O) groups is 2. The third kappa shape index (κ3) is 6.63. The predicted octanol–water partition coefficient (Wildman–Crippen LogP) is 2.25. The van der Waals surface area contributed by atoms with Crippen LogP contribution in [0.5, 0.6) is 0 Å². The SMILES string of the molecule is CC(=O)NCCc1nnc(SCC(=O)c2ccc(S(=O)(=O)N3CCOCC3)cc2)n1-c1cccc(C)c1. The molecule has 1 amide bonds. The van der Waals surface area contributed by atoms with Gasteiger partial charge < -0.3 is 10.1 Å². The van der Waals surface area contributed by atoms with Gasteiger partial charge in [0.2, 0.25) is 15.9 Å². The van der Waals surface area contributed by atoms with E-state index in [1.807, 2.05) is 35.8 Å². The Labute approximate surface area is 220 Å². The first-order valence-corrected chi connectivity index (χ1v) is 14.3. The highest BCUT2D eigenvalue weighted by Gasteiger charge is 2.26. The molecule has 0 unspecified atom stereocenters. The van der Waals surface area contributed by atoms with Gasteiger partial charge in [-0.05, 0) is 36.8 Å². The molecule has 2 heterocycles. The van der Waals surface area contributed by atoms with E-state index in [1.165, 1.54) is 35.1 Å². The molecule has 0 spiro atoms. The van der Waals surface area contributed by atoms with Gasteiger partial charge in [0.25, 0.3) is 0 Å². The predicted molar refractivity (Wildman–Crippen MR) is 140 cm³/mol. The molecule has 1 aliphatic rings. The van der Waals surface area contributed by atoms with Gasteiger partial charge in [-0.3, -0.25) is 14.2 Å². The fraction of sp³-hybridized carbons (Fsp3) is 0.360. The maximum atomic E-state index is 12.9. The van der Waals surface area contributed by atoms with E-state index in [4.69, 9.17) is 4.74 Å². The zero-order chi connectivity index (χ0) is 26.4. The minimum Gasteiger partial charge on any atom is -0.379 e. The molecule has 37 heavy (non-hydrogen) atoms. The average molecular weight is 544 g/mol. The van der Waals surface area contributed by atoms with E-state index in [-0.39, 0.29) is 22.3 Å². The number of thioether (sulfide) groups is 1. The molecule has 1 fully saturated rings. The van der Waals surface area contributed by atoms with Crippen molar-refractivity contribution in [2.45, 2.75) is 30.3 Å². The molecule has 2 aromatic carbocycles. The number of hydrogen-bond acceptors (Lipinski definition) is 8. The third-order valence-corrected chi connectivity index (χ3v) is 8.64. The second-order valence-electron chi connectivity index (χ2n) is 8.56. The van der Waals surface area contributed by atoms with Crippen LogP contribution in [0.15, 0.2) is 58.6 Å². The van der Waals surface area contributed by atoms with Crippen molar-refractivity contribution in [3.8, 4) is 5.69 Å². The molecule has 0 bridgehead atoms. The molecule has 10 nitrogen and oxygen atoms in total. The normalized spacial score (nSPS) is 14.4. The van der Waals surface area contributed by atoms with Crippen LogP contribution in [0.25, 0.3) is 5.69 Å². The number of ketones is 1. The van der Waals surface area contributed by atoms with Crippen molar-refractivity contribution in [1.82, 2.24) is 24.4 Å². The maximum absolute atomic E-state index is 12.9. The first-order chi connectivity index (χ1) is 17.8. The van der Waals surface area contributed by atoms with Gasteiger partial charge in [-0.1, -0.05) is 36.0 Å². The van der Waals surface area contributed by atoms with Crippen LogP contribution in [0.2, 0.25) is 0 Å². The molecule has 0 atom stereocenters. The fourth-order valence-corrected chi connectivity index (χ4v) is 6.17. The summed E-state index contributed by atoms with van der Waals surface area (Å²) >= 11 is 1.26. The van der Waals surface area contributed by atoms with Gasteiger partial charge in [0, 0.05) is 44.2 Å². The number of aromatic nitrogens is 3. The lowest BCUT2D eigenvalue weighted by molar-refractivity contribution is -0.118. The van der Waals surface area contributed by atoms with E-state index < -0.39 is 10.0 Å². The number of sulfonamides is 1. The highest BCUT2D eigenvalue weighted by atomic mass is 32.2. The van der Waals surface area contributed by atoms with Gasteiger partial charge in [-0.15, -0.1) is 10.2 Å². The van der Waals surface area contributed by atoms with Crippen molar-refractivity contribution < 1.29 is 22.7 Å². The quantitative estimate of drug-likeness (QED) is 0.305. The van der Waals surface area contributed by atoms with Crippen LogP contribution in [0.1, 0.15) is 28.7 Å². The number of amides is 1. The largest absolute Gasteiger partial charge is 0.379 e. The maximum Gasteiger partial charge on any atom is 0.243 e. The van der Waals surface area contributed by atoms with Crippen molar-refractivity contribution >= 4 is 33.5 Å². The number of rotatable bonds is 10. The molecular weight excluding hydrogens is 514 g/mol. The zero-order valence-electron chi connectivity index (χ0n) is 20.7. The number of benzene rings is 2. The highest BCUT2D eigenvalue weighted by Crippen LogP contribution is 2.25. The summed E-state index contributed by atoms with van der Waals surface area (Å²) in [5.74, 6) is 0.502. The van der Waals surface area contributed by atoms with Crippen molar-refractivity contribution in [2.75, 3.05) is 38.6 Å². The van der Waals surface area contributed by atoms with Gasteiger partial charge in [0.05, 0.1) is 23.9 Å². The zero-order valence-corrected chi connectivity index (χ0v) is 22.3. The lowest BCUT2D eigenvalue weighted by Gasteiger charge is -2.26. The topological polar surface area (TPSA) is 123 Å². The van der Waals surface area contributed by atoms with Crippen LogP contribution < -0.4 is 5.32 Å². The molecule has 12 heteroatoms. The molecule has 4 rings (SSSR count). The summed E-state index contributed by atoms with van der Waals surface area (Å²) in [5, 5.41) is 11.9. The van der Waals surface area contributed by atoms with Crippen molar-refractivity contribution in [2.24, 2.45) is 0 Å². The van der Waals surface area contributed by atoms with E-state index in [2.05, 4.69) is 15.5 Å². The number of hydrogen-bond donors (Lipinski definition) is 1. The Kier molecular flexibility index (Phi) is 8.75. The van der Waals surface area contributed by atoms with E-state index >= 15 is 0 Å². The minimum atomic E-state index is -3.62. The number of Topliss-reactive ketones (excluding diaryl/α,β-unsaturated/α-hetero) is 1. The van der Waals surface area contributed by atoms with Crippen LogP contribution in [0, 0.1) is 6.92 Å². The minimum absolute atomic E-state index is 0.102. The summed E-state index contributed by atoms with van der Waals surface area (Å²) < 4.78 is 34.2. The van der Waals surface area contributed by atoms with Gasteiger partial charge in [-0.25, -0.2) is 8.42 Å². The number of aryl methyl sites for hydroxylation is 1. The van der Waals surface area contributed by atoms with Crippen molar-refractivity contribution in [1.29, 1.82) is 0 Å². The smallest absolute Gasteiger partial charge is 0.243 e. The molecule has 0 radical (unpaired) electrons. The monoisotopic (exact) mass is 543 g/mol. The Morgan fingerprint density at radius 3 is 2.49 bits per heavy atom. The van der Waals surface area contributed by atoms with E-state index in [0.717, 1.165) is 11.3 Å². The van der Waals surface area contributed by atoms with Crippen molar-refractivity contribution in [3.63, 3.8) is 0 Å². The number of nitrogens with zero attached hydrogens (tertiary/aromatic N) is 4. The van der Waals surface area contributed by atoms with E-state index in [9.17, 15) is 18.0 Å². The summed E-state index contributed by atoms with van der Waals surface area (Å²) in [6.07, 6.45) is 0.480.